The topological polar surface area (TPSA) is 44.5 Å². The Morgan fingerprint density at radius 2 is 1.89 bits per heavy atom. The summed E-state index contributed by atoms with van der Waals surface area (Å²) < 4.78 is 34.8. The number of halogens is 2. The quantitative estimate of drug-likeness (QED) is 0.747. The van der Waals surface area contributed by atoms with E-state index in [0.29, 0.717) is 24.5 Å². The molecule has 0 bridgehead atoms. The van der Waals surface area contributed by atoms with Gasteiger partial charge in [-0.05, 0) is 30.7 Å². The van der Waals surface area contributed by atoms with Gasteiger partial charge in [0.05, 0.1) is 24.9 Å². The fraction of sp³-hybridized carbons (Fsp3) is 0.500. The number of hydrogen-bond donors (Lipinski definition) is 1. The monoisotopic (exact) mass is 309 g/mol. The molecule has 1 aromatic rings. The van der Waals surface area contributed by atoms with Crippen molar-refractivity contribution in [3.8, 4) is 11.5 Å². The molecule has 1 rings (SSSR count). The van der Waals surface area contributed by atoms with Crippen LogP contribution in [0.4, 0.5) is 8.78 Å². The van der Waals surface area contributed by atoms with E-state index < -0.39 is 6.43 Å². The fourth-order valence-electron chi connectivity index (χ4n) is 1.50. The molecule has 0 atom stereocenters. The Labute approximate surface area is 119 Å². The van der Waals surface area contributed by atoms with E-state index in [2.05, 4.69) is 0 Å². The van der Waals surface area contributed by atoms with Gasteiger partial charge >= 0.3 is 0 Å². The van der Waals surface area contributed by atoms with Crippen molar-refractivity contribution in [3.05, 3.63) is 17.7 Å². The third-order valence-corrected chi connectivity index (χ3v) is 4.63. The average molecular weight is 309 g/mol. The smallest absolute Gasteiger partial charge is 0.248 e. The minimum atomic E-state index is -2.32. The molecule has 0 aliphatic carbocycles. The minimum absolute atomic E-state index is 0.222. The van der Waals surface area contributed by atoms with Gasteiger partial charge in [-0.2, -0.15) is 0 Å². The molecule has 0 aliphatic rings. The number of hydrogen-bond acceptors (Lipinski definition) is 5. The lowest BCUT2D eigenvalue weighted by atomic mass is 10.1. The van der Waals surface area contributed by atoms with Gasteiger partial charge in [0.2, 0.25) is 6.43 Å². The van der Waals surface area contributed by atoms with E-state index in [1.165, 1.54) is 10.8 Å². The van der Waals surface area contributed by atoms with Gasteiger partial charge in [0.15, 0.2) is 0 Å². The predicted molar refractivity (Wildman–Crippen MR) is 76.6 cm³/mol. The second-order valence-electron chi connectivity index (χ2n) is 3.61. The fourth-order valence-corrected chi connectivity index (χ4v) is 3.46. The van der Waals surface area contributed by atoms with Crippen molar-refractivity contribution in [3.63, 3.8) is 0 Å². The van der Waals surface area contributed by atoms with Gasteiger partial charge in [0, 0.05) is 0 Å². The Morgan fingerprint density at radius 1 is 1.21 bits per heavy atom. The molecule has 0 spiro atoms. The highest BCUT2D eigenvalue weighted by molar-refractivity contribution is 8.76. The molecule has 0 aromatic heterocycles. The zero-order valence-electron chi connectivity index (χ0n) is 10.8. The van der Waals surface area contributed by atoms with Gasteiger partial charge < -0.3 is 15.2 Å². The van der Waals surface area contributed by atoms with E-state index in [1.54, 1.807) is 20.3 Å². The Balaban J connectivity index is 2.89. The molecule has 108 valence electrons. The lowest BCUT2D eigenvalue weighted by Gasteiger charge is -2.13. The molecule has 0 amide bonds. The van der Waals surface area contributed by atoms with Gasteiger partial charge in [-0.15, -0.1) is 0 Å². The first kappa shape index (κ1) is 16.4. The van der Waals surface area contributed by atoms with Crippen LogP contribution in [0.2, 0.25) is 0 Å². The van der Waals surface area contributed by atoms with Crippen molar-refractivity contribution in [1.29, 1.82) is 0 Å². The van der Waals surface area contributed by atoms with E-state index >= 15 is 0 Å². The second-order valence-corrected chi connectivity index (χ2v) is 6.00. The first-order valence-corrected chi connectivity index (χ1v) is 7.96. The average Bonchev–Trinajstić information content (AvgIpc) is 2.39. The first-order valence-electron chi connectivity index (χ1n) is 5.65. The van der Waals surface area contributed by atoms with Crippen molar-refractivity contribution < 1.29 is 18.3 Å². The maximum Gasteiger partial charge on any atom is 0.248 e. The molecule has 2 N–H and O–H groups in total. The minimum Gasteiger partial charge on any atom is -0.496 e. The van der Waals surface area contributed by atoms with Crippen LogP contribution in [0.5, 0.6) is 11.5 Å². The number of benzene rings is 1. The summed E-state index contributed by atoms with van der Waals surface area (Å²) >= 11 is 0. The van der Waals surface area contributed by atoms with Crippen LogP contribution in [-0.4, -0.2) is 32.9 Å². The first-order chi connectivity index (χ1) is 9.12. The van der Waals surface area contributed by atoms with Crippen molar-refractivity contribution in [2.75, 3.05) is 26.5 Å². The molecule has 0 fully saturated rings. The lowest BCUT2D eigenvalue weighted by Crippen LogP contribution is -2.05. The third kappa shape index (κ3) is 5.08. The van der Waals surface area contributed by atoms with E-state index in [-0.39, 0.29) is 5.75 Å². The Morgan fingerprint density at radius 3 is 2.42 bits per heavy atom. The van der Waals surface area contributed by atoms with Crippen molar-refractivity contribution >= 4 is 21.6 Å². The molecule has 3 nitrogen and oxygen atoms in total. The molecule has 0 heterocycles. The highest BCUT2D eigenvalue weighted by Crippen LogP contribution is 2.41. The molecule has 0 radical (unpaired) electrons. The van der Waals surface area contributed by atoms with E-state index in [0.717, 1.165) is 21.3 Å². The lowest BCUT2D eigenvalue weighted by molar-refractivity contribution is 0.177. The summed E-state index contributed by atoms with van der Waals surface area (Å²) in [7, 11) is 5.47. The van der Waals surface area contributed by atoms with Crippen LogP contribution in [0.15, 0.2) is 17.0 Å². The Bertz CT molecular complexity index is 406. The Kier molecular flexibility index (Phi) is 7.33. The van der Waals surface area contributed by atoms with Crippen LogP contribution in [0.3, 0.4) is 0 Å². The molecular weight excluding hydrogens is 292 g/mol. The molecular formula is C12H17F2NO2S2. The maximum absolute atomic E-state index is 12.1. The van der Waals surface area contributed by atoms with Gasteiger partial charge in [-0.25, -0.2) is 8.78 Å². The van der Waals surface area contributed by atoms with Gasteiger partial charge in [0.1, 0.15) is 11.5 Å². The van der Waals surface area contributed by atoms with Crippen molar-refractivity contribution in [1.82, 2.24) is 0 Å². The van der Waals surface area contributed by atoms with Crippen LogP contribution >= 0.6 is 21.6 Å². The normalized spacial score (nSPS) is 10.8. The largest absolute Gasteiger partial charge is 0.496 e. The summed E-state index contributed by atoms with van der Waals surface area (Å²) in [5.74, 6) is 1.13. The number of nitrogens with two attached hydrogens (primary N) is 1. The maximum atomic E-state index is 12.1. The van der Waals surface area contributed by atoms with Crippen LogP contribution in [-0.2, 0) is 6.42 Å². The van der Waals surface area contributed by atoms with E-state index in [9.17, 15) is 8.78 Å². The summed E-state index contributed by atoms with van der Waals surface area (Å²) in [5, 5.41) is 0. The predicted octanol–water partition coefficient (Wildman–Crippen LogP) is 3.21. The SMILES string of the molecule is COc1cc(SSCC(F)F)c(OC)cc1CCN. The molecule has 0 saturated carbocycles. The van der Waals surface area contributed by atoms with Gasteiger partial charge in [-0.1, -0.05) is 21.6 Å². The van der Waals surface area contributed by atoms with E-state index in [1.807, 2.05) is 6.07 Å². The highest BCUT2D eigenvalue weighted by Gasteiger charge is 2.12. The zero-order valence-corrected chi connectivity index (χ0v) is 12.5. The summed E-state index contributed by atoms with van der Waals surface area (Å²) in [6.07, 6.45) is -1.64. The molecule has 0 unspecified atom stereocenters. The number of methoxy groups -OCH3 is 2. The van der Waals surface area contributed by atoms with Crippen LogP contribution in [0.25, 0.3) is 0 Å². The summed E-state index contributed by atoms with van der Waals surface area (Å²) in [5.41, 5.74) is 6.49. The number of alkyl halides is 2. The molecule has 0 saturated heterocycles. The molecule has 0 aliphatic heterocycles. The second kappa shape index (κ2) is 8.50. The molecule has 7 heteroatoms. The Hall–Kier alpha value is -0.660. The van der Waals surface area contributed by atoms with Gasteiger partial charge in [-0.3, -0.25) is 0 Å². The number of rotatable bonds is 8. The summed E-state index contributed by atoms with van der Waals surface area (Å²) in [6, 6.07) is 3.64. The number of ether oxygens (including phenoxy) is 2. The molecule has 1 aromatic carbocycles. The van der Waals surface area contributed by atoms with Crippen molar-refractivity contribution in [2.24, 2.45) is 5.73 Å². The van der Waals surface area contributed by atoms with Crippen molar-refractivity contribution in [2.45, 2.75) is 17.7 Å². The summed E-state index contributed by atoms with van der Waals surface area (Å²) in [6.45, 7) is 0.506. The highest BCUT2D eigenvalue weighted by atomic mass is 33.1. The summed E-state index contributed by atoms with van der Waals surface area (Å²) in [4.78, 5) is 0.769. The van der Waals surface area contributed by atoms with E-state index in [4.69, 9.17) is 15.2 Å². The van der Waals surface area contributed by atoms with Gasteiger partial charge in [0.25, 0.3) is 0 Å². The van der Waals surface area contributed by atoms with Crippen LogP contribution in [0, 0.1) is 0 Å². The molecule has 19 heavy (non-hydrogen) atoms. The standard InChI is InChI=1S/C12H17F2NO2S2/c1-16-9-6-11(19-18-7-12(13)14)10(17-2)5-8(9)3-4-15/h5-6,12H,3-4,7,15H2,1-2H3. The third-order valence-electron chi connectivity index (χ3n) is 2.32. The zero-order chi connectivity index (χ0) is 14.3. The van der Waals surface area contributed by atoms with Crippen LogP contribution < -0.4 is 15.2 Å². The van der Waals surface area contributed by atoms with Crippen LogP contribution in [0.1, 0.15) is 5.56 Å².